The van der Waals surface area contributed by atoms with E-state index in [0.29, 0.717) is 22.6 Å². The number of halogens is 1. The second-order valence-electron chi connectivity index (χ2n) is 5.20. The monoisotopic (exact) mass is 303 g/mol. The van der Waals surface area contributed by atoms with Gasteiger partial charge in [0.05, 0.1) is 12.1 Å². The summed E-state index contributed by atoms with van der Waals surface area (Å²) < 4.78 is 11.0. The fourth-order valence-corrected chi connectivity index (χ4v) is 2.32. The Morgan fingerprint density at radius 1 is 1.14 bits per heavy atom. The molecule has 2 aromatic carbocycles. The highest BCUT2D eigenvalue weighted by Gasteiger charge is 2.20. The van der Waals surface area contributed by atoms with E-state index in [0.717, 1.165) is 12.3 Å². The summed E-state index contributed by atoms with van der Waals surface area (Å²) >= 11 is 6.30. The third-order valence-corrected chi connectivity index (χ3v) is 3.73. The molecule has 1 saturated carbocycles. The lowest BCUT2D eigenvalue weighted by Crippen LogP contribution is -2.15. The Balaban J connectivity index is 1.69. The molecule has 3 nitrogen and oxygen atoms in total. The number of hydrogen-bond acceptors (Lipinski definition) is 3. The Morgan fingerprint density at radius 2 is 1.95 bits per heavy atom. The van der Waals surface area contributed by atoms with Gasteiger partial charge in [-0.15, -0.1) is 0 Å². The molecule has 110 valence electrons. The fraction of sp³-hybridized carbons (Fsp3) is 0.294. The van der Waals surface area contributed by atoms with Gasteiger partial charge in [-0.2, -0.15) is 0 Å². The molecule has 0 heterocycles. The minimum atomic E-state index is 0.618. The zero-order valence-electron chi connectivity index (χ0n) is 11.9. The molecule has 0 aromatic heterocycles. The van der Waals surface area contributed by atoms with Crippen LogP contribution in [0.1, 0.15) is 18.4 Å². The molecule has 0 saturated heterocycles. The van der Waals surface area contributed by atoms with Crippen molar-refractivity contribution in [2.45, 2.75) is 25.4 Å². The second kappa shape index (κ2) is 6.37. The Bertz CT molecular complexity index is 626. The van der Waals surface area contributed by atoms with Crippen molar-refractivity contribution in [1.29, 1.82) is 0 Å². The van der Waals surface area contributed by atoms with E-state index in [1.807, 2.05) is 42.5 Å². The van der Waals surface area contributed by atoms with Crippen molar-refractivity contribution in [1.82, 2.24) is 5.32 Å². The largest absolute Gasteiger partial charge is 0.497 e. The summed E-state index contributed by atoms with van der Waals surface area (Å²) in [6.45, 7) is 0.851. The van der Waals surface area contributed by atoms with Crippen LogP contribution in [-0.2, 0) is 6.54 Å². The highest BCUT2D eigenvalue weighted by molar-refractivity contribution is 6.32. The van der Waals surface area contributed by atoms with Crippen molar-refractivity contribution in [3.05, 3.63) is 53.1 Å². The number of hydrogen-bond donors (Lipinski definition) is 1. The van der Waals surface area contributed by atoms with Crippen molar-refractivity contribution >= 4 is 11.6 Å². The summed E-state index contributed by atoms with van der Waals surface area (Å²) in [5, 5.41) is 4.09. The van der Waals surface area contributed by atoms with Crippen molar-refractivity contribution in [2.24, 2.45) is 0 Å². The van der Waals surface area contributed by atoms with Gasteiger partial charge in [-0.3, -0.25) is 0 Å². The lowest BCUT2D eigenvalue weighted by molar-refractivity contribution is 0.409. The van der Waals surface area contributed by atoms with Crippen molar-refractivity contribution < 1.29 is 9.47 Å². The van der Waals surface area contributed by atoms with E-state index in [4.69, 9.17) is 21.1 Å². The predicted molar refractivity (Wildman–Crippen MR) is 84.4 cm³/mol. The summed E-state index contributed by atoms with van der Waals surface area (Å²) in [5.74, 6) is 2.12. The first-order chi connectivity index (χ1) is 10.2. The van der Waals surface area contributed by atoms with E-state index in [1.54, 1.807) is 7.11 Å². The molecule has 3 rings (SSSR count). The van der Waals surface area contributed by atoms with E-state index in [-0.39, 0.29) is 0 Å². The van der Waals surface area contributed by atoms with E-state index in [9.17, 15) is 0 Å². The maximum absolute atomic E-state index is 6.30. The van der Waals surface area contributed by atoms with Gasteiger partial charge in [-0.1, -0.05) is 23.7 Å². The van der Waals surface area contributed by atoms with Crippen LogP contribution in [0.25, 0.3) is 0 Å². The van der Waals surface area contributed by atoms with Crippen LogP contribution in [0.5, 0.6) is 17.2 Å². The third-order valence-electron chi connectivity index (χ3n) is 3.44. The van der Waals surface area contributed by atoms with Gasteiger partial charge in [0.15, 0.2) is 0 Å². The van der Waals surface area contributed by atoms with E-state index in [2.05, 4.69) is 5.32 Å². The molecule has 1 fully saturated rings. The first-order valence-corrected chi connectivity index (χ1v) is 7.46. The lowest BCUT2D eigenvalue weighted by Gasteiger charge is -2.10. The minimum Gasteiger partial charge on any atom is -0.497 e. The minimum absolute atomic E-state index is 0.618. The molecule has 0 unspecified atom stereocenters. The van der Waals surface area contributed by atoms with Gasteiger partial charge in [0.25, 0.3) is 0 Å². The normalized spacial score (nSPS) is 14.0. The van der Waals surface area contributed by atoms with Gasteiger partial charge in [0, 0.05) is 18.7 Å². The Labute approximate surface area is 129 Å². The summed E-state index contributed by atoms with van der Waals surface area (Å²) in [4.78, 5) is 0. The van der Waals surface area contributed by atoms with Crippen molar-refractivity contribution in [3.8, 4) is 17.2 Å². The third kappa shape index (κ3) is 3.90. The molecule has 0 amide bonds. The topological polar surface area (TPSA) is 30.5 Å². The van der Waals surface area contributed by atoms with E-state index < -0.39 is 0 Å². The molecule has 0 bridgehead atoms. The molecule has 4 heteroatoms. The van der Waals surface area contributed by atoms with Gasteiger partial charge < -0.3 is 14.8 Å². The second-order valence-corrected chi connectivity index (χ2v) is 5.61. The van der Waals surface area contributed by atoms with Gasteiger partial charge in [0.2, 0.25) is 0 Å². The molecular weight excluding hydrogens is 286 g/mol. The number of benzene rings is 2. The van der Waals surface area contributed by atoms with Gasteiger partial charge in [-0.05, 0) is 42.7 Å². The first-order valence-electron chi connectivity index (χ1n) is 7.08. The van der Waals surface area contributed by atoms with Gasteiger partial charge >= 0.3 is 0 Å². The number of methoxy groups -OCH3 is 1. The van der Waals surface area contributed by atoms with Crippen molar-refractivity contribution in [3.63, 3.8) is 0 Å². The molecule has 1 N–H and O–H groups in total. The van der Waals surface area contributed by atoms with Crippen molar-refractivity contribution in [2.75, 3.05) is 7.11 Å². The quantitative estimate of drug-likeness (QED) is 0.858. The molecule has 0 aliphatic heterocycles. The van der Waals surface area contributed by atoms with Crippen LogP contribution in [0.3, 0.4) is 0 Å². The van der Waals surface area contributed by atoms with Crippen LogP contribution in [0, 0.1) is 0 Å². The zero-order valence-corrected chi connectivity index (χ0v) is 12.7. The van der Waals surface area contributed by atoms with Crippen LogP contribution in [0.15, 0.2) is 42.5 Å². The highest BCUT2D eigenvalue weighted by atomic mass is 35.5. The fourth-order valence-electron chi connectivity index (χ4n) is 2.08. The van der Waals surface area contributed by atoms with Crippen LogP contribution >= 0.6 is 11.6 Å². The predicted octanol–water partition coefficient (Wildman–Crippen LogP) is 4.39. The molecule has 21 heavy (non-hydrogen) atoms. The molecular formula is C17H18ClNO2. The maximum Gasteiger partial charge on any atom is 0.146 e. The average molecular weight is 304 g/mol. The van der Waals surface area contributed by atoms with Crippen LogP contribution in [0.2, 0.25) is 5.02 Å². The standard InChI is InChI=1S/C17H18ClNO2/c1-20-14-3-2-4-15(10-14)21-17-8-5-12(9-16(17)18)11-19-13-6-7-13/h2-5,8-10,13,19H,6-7,11H2,1H3. The lowest BCUT2D eigenvalue weighted by atomic mass is 10.2. The molecule has 2 aromatic rings. The highest BCUT2D eigenvalue weighted by Crippen LogP contribution is 2.31. The molecule has 1 aliphatic rings. The van der Waals surface area contributed by atoms with E-state index in [1.165, 1.54) is 18.4 Å². The molecule has 0 atom stereocenters. The summed E-state index contributed by atoms with van der Waals surface area (Å²) in [6, 6.07) is 14.1. The van der Waals surface area contributed by atoms with Gasteiger partial charge in [0.1, 0.15) is 17.2 Å². The maximum atomic E-state index is 6.30. The Kier molecular flexibility index (Phi) is 4.32. The summed E-state index contributed by atoms with van der Waals surface area (Å²) in [6.07, 6.45) is 2.57. The first kappa shape index (κ1) is 14.2. The number of rotatable bonds is 6. The number of ether oxygens (including phenoxy) is 2. The smallest absolute Gasteiger partial charge is 0.146 e. The Hall–Kier alpha value is -1.71. The SMILES string of the molecule is COc1cccc(Oc2ccc(CNC3CC3)cc2Cl)c1. The van der Waals surface area contributed by atoms with Gasteiger partial charge in [-0.25, -0.2) is 0 Å². The summed E-state index contributed by atoms with van der Waals surface area (Å²) in [5.41, 5.74) is 1.17. The molecule has 0 radical (unpaired) electrons. The van der Waals surface area contributed by atoms with E-state index >= 15 is 0 Å². The zero-order chi connectivity index (χ0) is 14.7. The van der Waals surface area contributed by atoms with Crippen LogP contribution in [-0.4, -0.2) is 13.2 Å². The summed E-state index contributed by atoms with van der Waals surface area (Å²) in [7, 11) is 1.63. The average Bonchev–Trinajstić information content (AvgIpc) is 3.32. The number of nitrogens with one attached hydrogen (secondary N) is 1. The van der Waals surface area contributed by atoms with Crippen LogP contribution < -0.4 is 14.8 Å². The Morgan fingerprint density at radius 3 is 2.67 bits per heavy atom. The molecule has 0 spiro atoms. The van der Waals surface area contributed by atoms with Crippen LogP contribution in [0.4, 0.5) is 0 Å². The molecule has 1 aliphatic carbocycles.